The van der Waals surface area contributed by atoms with E-state index < -0.39 is 11.0 Å². The molecule has 1 aliphatic heterocycles. The van der Waals surface area contributed by atoms with Crippen LogP contribution < -0.4 is 0 Å². The zero-order valence-electron chi connectivity index (χ0n) is 13.6. The Bertz CT molecular complexity index is 409. The quantitative estimate of drug-likeness (QED) is 0.575. The van der Waals surface area contributed by atoms with Crippen LogP contribution in [0.4, 0.5) is 0 Å². The van der Waals surface area contributed by atoms with Crippen molar-refractivity contribution in [2.45, 2.75) is 52.6 Å². The molecule has 120 valence electrons. The second-order valence-electron chi connectivity index (χ2n) is 7.15. The molecule has 1 saturated heterocycles. The van der Waals surface area contributed by atoms with E-state index in [1.807, 2.05) is 32.6 Å². The van der Waals surface area contributed by atoms with Crippen LogP contribution in [-0.2, 0) is 19.1 Å². The molecular weight excluding hydrogens is 270 g/mol. The Labute approximate surface area is 127 Å². The molecule has 5 nitrogen and oxygen atoms in total. The number of carbonyl (C=O) groups is 2. The van der Waals surface area contributed by atoms with E-state index in [0.717, 1.165) is 13.0 Å². The van der Waals surface area contributed by atoms with Gasteiger partial charge in [-0.2, -0.15) is 0 Å². The van der Waals surface area contributed by atoms with Crippen molar-refractivity contribution < 1.29 is 19.1 Å². The van der Waals surface area contributed by atoms with Crippen molar-refractivity contribution >= 4 is 11.9 Å². The summed E-state index contributed by atoms with van der Waals surface area (Å²) in [5, 5.41) is 0. The van der Waals surface area contributed by atoms with Crippen LogP contribution in [0.5, 0.6) is 0 Å². The van der Waals surface area contributed by atoms with E-state index in [2.05, 4.69) is 0 Å². The van der Waals surface area contributed by atoms with Gasteiger partial charge >= 0.3 is 5.97 Å². The summed E-state index contributed by atoms with van der Waals surface area (Å²) in [6.07, 6.45) is 2.19. The lowest BCUT2D eigenvalue weighted by molar-refractivity contribution is -0.166. The lowest BCUT2D eigenvalue weighted by Crippen LogP contribution is -2.42. The molecule has 2 aliphatic rings. The van der Waals surface area contributed by atoms with Crippen molar-refractivity contribution in [2.75, 3.05) is 26.3 Å². The van der Waals surface area contributed by atoms with Gasteiger partial charge in [0.2, 0.25) is 5.91 Å². The molecule has 21 heavy (non-hydrogen) atoms. The van der Waals surface area contributed by atoms with Crippen LogP contribution in [-0.4, -0.2) is 48.7 Å². The van der Waals surface area contributed by atoms with Crippen LogP contribution in [0.15, 0.2) is 0 Å². The number of likely N-dealkylation sites (tertiary alicyclic amines) is 1. The maximum absolute atomic E-state index is 12.7. The van der Waals surface area contributed by atoms with E-state index in [1.165, 1.54) is 0 Å². The van der Waals surface area contributed by atoms with Crippen molar-refractivity contribution in [3.63, 3.8) is 0 Å². The first-order chi connectivity index (χ1) is 9.78. The molecule has 2 rings (SSSR count). The third-order valence-electron chi connectivity index (χ3n) is 4.08. The molecule has 0 aromatic heterocycles. The molecule has 0 aromatic rings. The topological polar surface area (TPSA) is 55.8 Å². The number of carbonyl (C=O) groups excluding carboxylic acids is 2. The van der Waals surface area contributed by atoms with Crippen LogP contribution in [0.2, 0.25) is 0 Å². The molecule has 1 aliphatic carbocycles. The number of esters is 1. The normalized spacial score (nSPS) is 24.0. The summed E-state index contributed by atoms with van der Waals surface area (Å²) in [5.74, 6) is -0.00709. The Kier molecular flexibility index (Phi) is 4.61. The molecule has 0 bridgehead atoms. The fourth-order valence-corrected chi connectivity index (χ4v) is 2.75. The zero-order chi connectivity index (χ0) is 15.7. The minimum absolute atomic E-state index is 0.0456. The molecule has 1 heterocycles. The van der Waals surface area contributed by atoms with E-state index in [9.17, 15) is 9.59 Å². The third kappa shape index (κ3) is 3.76. The van der Waals surface area contributed by atoms with Gasteiger partial charge in [0, 0.05) is 25.6 Å². The minimum atomic E-state index is -0.895. The molecule has 2 fully saturated rings. The molecular formula is C16H27NO4. The third-order valence-corrected chi connectivity index (χ3v) is 4.08. The van der Waals surface area contributed by atoms with E-state index in [0.29, 0.717) is 38.5 Å². The van der Waals surface area contributed by atoms with Gasteiger partial charge in [-0.05, 0) is 47.0 Å². The van der Waals surface area contributed by atoms with Crippen LogP contribution in [0, 0.1) is 11.3 Å². The molecule has 1 saturated carbocycles. The van der Waals surface area contributed by atoms with E-state index >= 15 is 0 Å². The van der Waals surface area contributed by atoms with E-state index in [-0.39, 0.29) is 11.9 Å². The predicted octanol–water partition coefficient (Wildman–Crippen LogP) is 1.99. The molecule has 0 radical (unpaired) electrons. The second-order valence-corrected chi connectivity index (χ2v) is 7.15. The maximum atomic E-state index is 12.7. The number of rotatable bonds is 5. The van der Waals surface area contributed by atoms with Gasteiger partial charge in [-0.1, -0.05) is 0 Å². The summed E-state index contributed by atoms with van der Waals surface area (Å²) >= 11 is 0. The summed E-state index contributed by atoms with van der Waals surface area (Å²) in [7, 11) is 0. The van der Waals surface area contributed by atoms with Crippen molar-refractivity contribution in [1.29, 1.82) is 0 Å². The van der Waals surface area contributed by atoms with Gasteiger partial charge in [-0.3, -0.25) is 9.59 Å². The summed E-state index contributed by atoms with van der Waals surface area (Å²) in [6, 6.07) is 0. The number of amides is 1. The van der Waals surface area contributed by atoms with Crippen LogP contribution in [0.1, 0.15) is 47.0 Å². The lowest BCUT2D eigenvalue weighted by Gasteiger charge is -2.26. The molecule has 1 amide bonds. The van der Waals surface area contributed by atoms with Gasteiger partial charge in [0.25, 0.3) is 0 Å². The SMILES string of the molecule is CCOC[C@@H]1CCN(C(=O)C2(C(=O)OC(C)(C)C)CC2)C1. The summed E-state index contributed by atoms with van der Waals surface area (Å²) in [5.41, 5.74) is -1.44. The fourth-order valence-electron chi connectivity index (χ4n) is 2.75. The summed E-state index contributed by atoms with van der Waals surface area (Å²) < 4.78 is 10.9. The van der Waals surface area contributed by atoms with Gasteiger partial charge in [0.15, 0.2) is 0 Å². The largest absolute Gasteiger partial charge is 0.459 e. The fraction of sp³-hybridized carbons (Fsp3) is 0.875. The maximum Gasteiger partial charge on any atom is 0.322 e. The first kappa shape index (κ1) is 16.3. The number of hydrogen-bond acceptors (Lipinski definition) is 4. The highest BCUT2D eigenvalue weighted by atomic mass is 16.6. The molecule has 0 N–H and O–H groups in total. The Hall–Kier alpha value is -1.10. The number of ether oxygens (including phenoxy) is 2. The van der Waals surface area contributed by atoms with E-state index in [1.54, 1.807) is 0 Å². The highest BCUT2D eigenvalue weighted by Gasteiger charge is 2.60. The van der Waals surface area contributed by atoms with Gasteiger partial charge in [0.05, 0.1) is 6.61 Å². The van der Waals surface area contributed by atoms with Gasteiger partial charge < -0.3 is 14.4 Å². The Morgan fingerprint density at radius 3 is 2.48 bits per heavy atom. The van der Waals surface area contributed by atoms with Gasteiger partial charge in [0.1, 0.15) is 11.0 Å². The summed E-state index contributed by atoms with van der Waals surface area (Å²) in [4.78, 5) is 26.8. The predicted molar refractivity (Wildman–Crippen MR) is 78.7 cm³/mol. The smallest absolute Gasteiger partial charge is 0.322 e. The molecule has 0 spiro atoms. The van der Waals surface area contributed by atoms with Crippen LogP contribution in [0.3, 0.4) is 0 Å². The van der Waals surface area contributed by atoms with Crippen molar-refractivity contribution in [3.8, 4) is 0 Å². The van der Waals surface area contributed by atoms with Gasteiger partial charge in [-0.25, -0.2) is 0 Å². The number of nitrogens with zero attached hydrogens (tertiary/aromatic N) is 1. The van der Waals surface area contributed by atoms with Crippen LogP contribution >= 0.6 is 0 Å². The number of hydrogen-bond donors (Lipinski definition) is 0. The first-order valence-corrected chi connectivity index (χ1v) is 7.89. The van der Waals surface area contributed by atoms with Gasteiger partial charge in [-0.15, -0.1) is 0 Å². The Balaban J connectivity index is 1.93. The standard InChI is InChI=1S/C16H27NO4/c1-5-20-11-12-6-9-17(10-12)13(18)16(7-8-16)14(19)21-15(2,3)4/h12H,5-11H2,1-4H3/t12-/m1/s1. The second kappa shape index (κ2) is 5.95. The van der Waals surface area contributed by atoms with Crippen molar-refractivity contribution in [3.05, 3.63) is 0 Å². The zero-order valence-corrected chi connectivity index (χ0v) is 13.6. The average molecular weight is 297 g/mol. The molecule has 1 atom stereocenters. The van der Waals surface area contributed by atoms with Crippen LogP contribution in [0.25, 0.3) is 0 Å². The lowest BCUT2D eigenvalue weighted by atomic mass is 10.0. The minimum Gasteiger partial charge on any atom is -0.459 e. The van der Waals surface area contributed by atoms with E-state index in [4.69, 9.17) is 9.47 Å². The first-order valence-electron chi connectivity index (χ1n) is 7.89. The molecule has 5 heteroatoms. The average Bonchev–Trinajstić information content (AvgIpc) is 3.07. The monoisotopic (exact) mass is 297 g/mol. The Morgan fingerprint density at radius 2 is 1.95 bits per heavy atom. The highest BCUT2D eigenvalue weighted by molar-refractivity contribution is 6.05. The molecule has 0 aromatic carbocycles. The Morgan fingerprint density at radius 1 is 1.29 bits per heavy atom. The van der Waals surface area contributed by atoms with Crippen molar-refractivity contribution in [1.82, 2.24) is 4.90 Å². The molecule has 0 unspecified atom stereocenters. The van der Waals surface area contributed by atoms with Crippen molar-refractivity contribution in [2.24, 2.45) is 11.3 Å². The highest BCUT2D eigenvalue weighted by Crippen LogP contribution is 2.49. The summed E-state index contributed by atoms with van der Waals surface area (Å²) in [6.45, 7) is 10.3.